The average Bonchev–Trinajstić information content (AvgIpc) is 3.41. The number of aromatic nitrogens is 3. The van der Waals surface area contributed by atoms with Gasteiger partial charge in [-0.15, -0.1) is 0 Å². The highest BCUT2D eigenvalue weighted by Gasteiger charge is 2.39. The van der Waals surface area contributed by atoms with Gasteiger partial charge in [0.05, 0.1) is 0 Å². The molecule has 2 aromatic carbocycles. The minimum Gasteiger partial charge on any atom is -0.374 e. The molecule has 9 nitrogen and oxygen atoms in total. The third-order valence-electron chi connectivity index (χ3n) is 5.77. The molecule has 10 heteroatoms. The molecule has 0 saturated heterocycles. The SMILES string of the molecule is CCO[Si](CCCNC(=O)c1nc(-c2ccccc2)c2nonc2c1-c1ccccc1)(OCC)OCC. The van der Waals surface area contributed by atoms with E-state index in [4.69, 9.17) is 22.9 Å². The van der Waals surface area contributed by atoms with Crippen LogP contribution in [0.3, 0.4) is 0 Å². The van der Waals surface area contributed by atoms with Gasteiger partial charge in [0.15, 0.2) is 5.52 Å². The molecular formula is C27H32N4O5Si. The monoisotopic (exact) mass is 520 g/mol. The Labute approximate surface area is 217 Å². The minimum absolute atomic E-state index is 0.260. The Morgan fingerprint density at radius 1 is 0.838 bits per heavy atom. The predicted octanol–water partition coefficient (Wildman–Crippen LogP) is 5.12. The smallest absolute Gasteiger partial charge is 0.374 e. The zero-order valence-corrected chi connectivity index (χ0v) is 22.4. The maximum atomic E-state index is 13.6. The molecule has 0 aliphatic carbocycles. The van der Waals surface area contributed by atoms with E-state index in [0.717, 1.165) is 11.1 Å². The number of amides is 1. The van der Waals surface area contributed by atoms with E-state index >= 15 is 0 Å². The Bertz CT molecular complexity index is 1280. The van der Waals surface area contributed by atoms with Crippen molar-refractivity contribution in [2.45, 2.75) is 33.2 Å². The van der Waals surface area contributed by atoms with Gasteiger partial charge >= 0.3 is 8.80 Å². The van der Waals surface area contributed by atoms with E-state index in [1.807, 2.05) is 81.4 Å². The molecule has 0 bridgehead atoms. The fraction of sp³-hybridized carbons (Fsp3) is 0.333. The summed E-state index contributed by atoms with van der Waals surface area (Å²) in [7, 11) is -2.79. The Kier molecular flexibility index (Phi) is 9.12. The molecular weight excluding hydrogens is 488 g/mol. The second-order valence-corrected chi connectivity index (χ2v) is 11.0. The lowest BCUT2D eigenvalue weighted by Crippen LogP contribution is -2.46. The Morgan fingerprint density at radius 3 is 2.00 bits per heavy atom. The fourth-order valence-electron chi connectivity index (χ4n) is 4.27. The summed E-state index contributed by atoms with van der Waals surface area (Å²) in [6.45, 7) is 7.73. The number of hydrogen-bond donors (Lipinski definition) is 1. The van der Waals surface area contributed by atoms with E-state index in [-0.39, 0.29) is 11.6 Å². The maximum Gasteiger partial charge on any atom is 0.500 e. The van der Waals surface area contributed by atoms with Crippen molar-refractivity contribution in [1.29, 1.82) is 0 Å². The van der Waals surface area contributed by atoms with Crippen LogP contribution in [0.25, 0.3) is 33.4 Å². The topological polar surface area (TPSA) is 109 Å². The summed E-state index contributed by atoms with van der Waals surface area (Å²) in [6, 6.07) is 19.7. The third-order valence-corrected chi connectivity index (χ3v) is 8.92. The van der Waals surface area contributed by atoms with E-state index < -0.39 is 8.80 Å². The number of fused-ring (bicyclic) bond motifs is 1. The quantitative estimate of drug-likeness (QED) is 0.191. The number of pyridine rings is 1. The van der Waals surface area contributed by atoms with Gasteiger partial charge in [-0.25, -0.2) is 9.61 Å². The minimum atomic E-state index is -2.79. The van der Waals surface area contributed by atoms with Crippen molar-refractivity contribution in [2.24, 2.45) is 0 Å². The number of benzene rings is 2. The van der Waals surface area contributed by atoms with Crippen molar-refractivity contribution in [3.63, 3.8) is 0 Å². The standard InChI is InChI=1S/C27H32N4O5Si/c1-4-33-37(34-5-2,35-6-3)19-13-18-28-27(32)25-22(20-14-9-7-10-15-20)24-26(31-36-30-24)23(29-25)21-16-11-8-12-17-21/h7-12,14-17H,4-6,13,18-19H2,1-3H3,(H,28,32). The van der Waals surface area contributed by atoms with Crippen molar-refractivity contribution < 1.29 is 22.7 Å². The van der Waals surface area contributed by atoms with Crippen molar-refractivity contribution >= 4 is 25.7 Å². The van der Waals surface area contributed by atoms with E-state index in [1.165, 1.54) is 0 Å². The Balaban J connectivity index is 1.64. The molecule has 0 atom stereocenters. The molecule has 2 heterocycles. The van der Waals surface area contributed by atoms with Crippen LogP contribution in [0.5, 0.6) is 0 Å². The number of hydrogen-bond acceptors (Lipinski definition) is 8. The van der Waals surface area contributed by atoms with Crippen LogP contribution in [0.1, 0.15) is 37.7 Å². The average molecular weight is 521 g/mol. The van der Waals surface area contributed by atoms with Crippen LogP contribution in [0, 0.1) is 0 Å². The first-order valence-electron chi connectivity index (χ1n) is 12.6. The van der Waals surface area contributed by atoms with Crippen molar-refractivity contribution in [3.05, 3.63) is 66.4 Å². The number of nitrogens with zero attached hydrogens (tertiary/aromatic N) is 3. The van der Waals surface area contributed by atoms with Crippen LogP contribution in [0.2, 0.25) is 6.04 Å². The number of carbonyl (C=O) groups is 1. The first kappa shape index (κ1) is 26.6. The van der Waals surface area contributed by atoms with Crippen LogP contribution in [0.15, 0.2) is 65.3 Å². The molecule has 1 amide bonds. The molecule has 0 saturated carbocycles. The van der Waals surface area contributed by atoms with Crippen LogP contribution in [-0.2, 0) is 13.3 Å². The highest BCUT2D eigenvalue weighted by molar-refractivity contribution is 6.60. The van der Waals surface area contributed by atoms with Gasteiger partial charge in [-0.3, -0.25) is 4.79 Å². The highest BCUT2D eigenvalue weighted by Crippen LogP contribution is 2.34. The fourth-order valence-corrected chi connectivity index (χ4v) is 6.88. The van der Waals surface area contributed by atoms with Gasteiger partial charge in [-0.1, -0.05) is 60.7 Å². The molecule has 0 radical (unpaired) electrons. The molecule has 0 unspecified atom stereocenters. The lowest BCUT2D eigenvalue weighted by Gasteiger charge is -2.28. The summed E-state index contributed by atoms with van der Waals surface area (Å²) in [5, 5.41) is 11.3. The largest absolute Gasteiger partial charge is 0.500 e. The highest BCUT2D eigenvalue weighted by atomic mass is 28.4. The molecule has 37 heavy (non-hydrogen) atoms. The van der Waals surface area contributed by atoms with Crippen molar-refractivity contribution in [2.75, 3.05) is 26.4 Å². The predicted molar refractivity (Wildman–Crippen MR) is 143 cm³/mol. The van der Waals surface area contributed by atoms with Crippen molar-refractivity contribution in [1.82, 2.24) is 20.6 Å². The summed E-state index contributed by atoms with van der Waals surface area (Å²) in [5.41, 5.74) is 3.99. The molecule has 4 aromatic rings. The van der Waals surface area contributed by atoms with Gasteiger partial charge < -0.3 is 18.6 Å². The van der Waals surface area contributed by atoms with E-state index in [1.54, 1.807) is 0 Å². The zero-order valence-electron chi connectivity index (χ0n) is 21.4. The Morgan fingerprint density at radius 2 is 1.41 bits per heavy atom. The summed E-state index contributed by atoms with van der Waals surface area (Å²) in [5.74, 6) is -0.308. The summed E-state index contributed by atoms with van der Waals surface area (Å²) in [4.78, 5) is 18.4. The van der Waals surface area contributed by atoms with Gasteiger partial charge in [0, 0.05) is 43.5 Å². The lowest BCUT2D eigenvalue weighted by molar-refractivity contribution is 0.0704. The zero-order chi connectivity index (χ0) is 26.1. The normalized spacial score (nSPS) is 11.6. The van der Waals surface area contributed by atoms with Crippen molar-refractivity contribution in [3.8, 4) is 22.4 Å². The number of nitrogens with one attached hydrogen (secondary N) is 1. The molecule has 0 aliphatic rings. The lowest BCUT2D eigenvalue weighted by atomic mass is 9.99. The third kappa shape index (κ3) is 6.11. The van der Waals surface area contributed by atoms with Gasteiger partial charge in [-0.05, 0) is 43.1 Å². The van der Waals surface area contributed by atoms with E-state index in [2.05, 4.69) is 15.6 Å². The molecule has 2 aromatic heterocycles. The van der Waals surface area contributed by atoms with Crippen LogP contribution >= 0.6 is 0 Å². The van der Waals surface area contributed by atoms with Gasteiger partial charge in [0.1, 0.15) is 16.9 Å². The van der Waals surface area contributed by atoms with Gasteiger partial charge in [-0.2, -0.15) is 0 Å². The van der Waals surface area contributed by atoms with Gasteiger partial charge in [0.2, 0.25) is 0 Å². The molecule has 0 spiro atoms. The first-order chi connectivity index (χ1) is 18.1. The number of carbonyl (C=O) groups excluding carboxylic acids is 1. The molecule has 0 fully saturated rings. The van der Waals surface area contributed by atoms with Crippen LogP contribution in [0.4, 0.5) is 0 Å². The van der Waals surface area contributed by atoms with Crippen LogP contribution in [-0.4, -0.2) is 56.4 Å². The molecule has 1 N–H and O–H groups in total. The summed E-state index contributed by atoms with van der Waals surface area (Å²) >= 11 is 0. The molecule has 0 aliphatic heterocycles. The maximum absolute atomic E-state index is 13.6. The summed E-state index contributed by atoms with van der Waals surface area (Å²) < 4.78 is 22.9. The first-order valence-corrected chi connectivity index (χ1v) is 14.5. The second kappa shape index (κ2) is 12.7. The molecule has 4 rings (SSSR count). The van der Waals surface area contributed by atoms with Crippen LogP contribution < -0.4 is 5.32 Å². The summed E-state index contributed by atoms with van der Waals surface area (Å²) in [6.07, 6.45) is 0.637. The second-order valence-electron chi connectivity index (χ2n) is 8.22. The van der Waals surface area contributed by atoms with Gasteiger partial charge in [0.25, 0.3) is 5.91 Å². The Hall–Kier alpha value is -3.44. The van der Waals surface area contributed by atoms with E-state index in [0.29, 0.717) is 61.1 Å². The van der Waals surface area contributed by atoms with E-state index in [9.17, 15) is 4.79 Å². The number of rotatable bonds is 13. The molecule has 194 valence electrons.